The fourth-order valence-corrected chi connectivity index (χ4v) is 1.24. The van der Waals surface area contributed by atoms with E-state index in [0.717, 1.165) is 12.8 Å². The summed E-state index contributed by atoms with van der Waals surface area (Å²) >= 11 is 5.43. The zero-order valence-corrected chi connectivity index (χ0v) is 8.45. The number of rotatable bonds is 5. The predicted molar refractivity (Wildman–Crippen MR) is 47.4 cm³/mol. The molecule has 68 valence electrons. The molecular weight excluding hydrogens is 186 g/mol. The maximum absolute atomic E-state index is 10.8. The van der Waals surface area contributed by atoms with Gasteiger partial charge in [0.2, 0.25) is 10.0 Å². The largest absolute Gasteiger partial charge is 0.213 e. The maximum Gasteiger partial charge on any atom is 0.210 e. The second-order valence-electron chi connectivity index (χ2n) is 2.48. The van der Waals surface area contributed by atoms with E-state index >= 15 is 0 Å². The lowest BCUT2D eigenvalue weighted by atomic mass is 10.3. The van der Waals surface area contributed by atoms with E-state index in [4.69, 9.17) is 11.6 Å². The molecule has 0 atom stereocenters. The Morgan fingerprint density at radius 3 is 2.27 bits per heavy atom. The highest BCUT2D eigenvalue weighted by Crippen LogP contribution is 1.98. The Hall–Kier alpha value is 0.200. The summed E-state index contributed by atoms with van der Waals surface area (Å²) in [5.41, 5.74) is 0. The molecule has 0 amide bonds. The number of alkyl halides is 1. The molecule has 0 aromatic rings. The van der Waals surface area contributed by atoms with Gasteiger partial charge in [0.05, 0.1) is 6.26 Å². The molecule has 0 fully saturated rings. The molecule has 0 aromatic carbocycles. The van der Waals surface area contributed by atoms with E-state index in [9.17, 15) is 8.42 Å². The molecule has 0 aliphatic carbocycles. The van der Waals surface area contributed by atoms with E-state index in [-0.39, 0.29) is 0 Å². The fourth-order valence-electron chi connectivity index (χ4n) is 0.595. The molecule has 11 heavy (non-hydrogen) atoms. The average Bonchev–Trinajstić information content (AvgIpc) is 1.86. The van der Waals surface area contributed by atoms with Crippen molar-refractivity contribution in [2.45, 2.75) is 12.8 Å². The van der Waals surface area contributed by atoms with Crippen LogP contribution in [0, 0.1) is 0 Å². The van der Waals surface area contributed by atoms with E-state index in [0.29, 0.717) is 12.4 Å². The highest BCUT2D eigenvalue weighted by atomic mass is 35.5. The van der Waals surface area contributed by atoms with Crippen molar-refractivity contribution in [3.63, 3.8) is 0 Å². The number of halogens is 1. The van der Waals surface area contributed by atoms with Gasteiger partial charge >= 0.3 is 0 Å². The van der Waals surface area contributed by atoms with Crippen molar-refractivity contribution < 1.29 is 8.42 Å². The third-order valence-electron chi connectivity index (χ3n) is 1.42. The Kier molecular flexibility index (Phi) is 5.04. The molecule has 0 saturated carbocycles. The van der Waals surface area contributed by atoms with Crippen LogP contribution in [0.4, 0.5) is 0 Å². The molecule has 0 aromatic heterocycles. The summed E-state index contributed by atoms with van der Waals surface area (Å²) in [4.78, 5) is 0. The van der Waals surface area contributed by atoms with Crippen LogP contribution in [0.1, 0.15) is 12.8 Å². The third kappa shape index (κ3) is 5.47. The van der Waals surface area contributed by atoms with E-state index in [1.807, 2.05) is 0 Å². The van der Waals surface area contributed by atoms with Crippen LogP contribution in [0.5, 0.6) is 0 Å². The topological polar surface area (TPSA) is 37.4 Å². The molecule has 0 heterocycles. The minimum absolute atomic E-state index is 0.561. The summed E-state index contributed by atoms with van der Waals surface area (Å²) in [6.07, 6.45) is 2.89. The summed E-state index contributed by atoms with van der Waals surface area (Å²) in [6.45, 7) is 0.561. The zero-order chi connectivity index (χ0) is 8.91. The molecule has 5 heteroatoms. The maximum atomic E-state index is 10.8. The monoisotopic (exact) mass is 199 g/mol. The summed E-state index contributed by atoms with van der Waals surface area (Å²) in [5.74, 6) is 0.595. The molecule has 0 radical (unpaired) electrons. The van der Waals surface area contributed by atoms with Crippen LogP contribution in [0.15, 0.2) is 0 Å². The van der Waals surface area contributed by atoms with E-state index in [2.05, 4.69) is 0 Å². The molecule has 3 nitrogen and oxygen atoms in total. The normalized spacial score (nSPS) is 12.4. The second-order valence-corrected chi connectivity index (χ2v) is 4.95. The minimum atomic E-state index is -2.99. The van der Waals surface area contributed by atoms with Gasteiger partial charge in [-0.05, 0) is 12.8 Å². The summed E-state index contributed by atoms with van der Waals surface area (Å²) in [7, 11) is -1.42. The lowest BCUT2D eigenvalue weighted by molar-refractivity contribution is 0.464. The van der Waals surface area contributed by atoms with E-state index in [1.54, 1.807) is 7.05 Å². The molecule has 0 unspecified atom stereocenters. The molecule has 0 bridgehead atoms. The van der Waals surface area contributed by atoms with Gasteiger partial charge in [0.1, 0.15) is 0 Å². The average molecular weight is 200 g/mol. The van der Waals surface area contributed by atoms with Crippen molar-refractivity contribution in [3.05, 3.63) is 0 Å². The number of unbranched alkanes of at least 4 members (excludes halogenated alkanes) is 1. The van der Waals surface area contributed by atoms with E-state index < -0.39 is 10.0 Å². The van der Waals surface area contributed by atoms with Crippen LogP contribution < -0.4 is 0 Å². The quantitative estimate of drug-likeness (QED) is 0.488. The van der Waals surface area contributed by atoms with Gasteiger partial charge in [-0.25, -0.2) is 12.7 Å². The van der Waals surface area contributed by atoms with Crippen molar-refractivity contribution in [1.82, 2.24) is 4.31 Å². The van der Waals surface area contributed by atoms with Gasteiger partial charge in [-0.15, -0.1) is 11.6 Å². The number of sulfonamides is 1. The SMILES string of the molecule is CN(CCCCCl)S(C)(=O)=O. The Morgan fingerprint density at radius 1 is 1.36 bits per heavy atom. The minimum Gasteiger partial charge on any atom is -0.213 e. The Labute approximate surface area is 73.4 Å². The summed E-state index contributed by atoms with van der Waals surface area (Å²) < 4.78 is 23.0. The van der Waals surface area contributed by atoms with Crippen LogP contribution in [0.2, 0.25) is 0 Å². The number of nitrogens with zero attached hydrogens (tertiary/aromatic N) is 1. The van der Waals surface area contributed by atoms with Crippen LogP contribution in [0.3, 0.4) is 0 Å². The predicted octanol–water partition coefficient (Wildman–Crippen LogP) is 0.897. The van der Waals surface area contributed by atoms with Crippen molar-refractivity contribution in [1.29, 1.82) is 0 Å². The van der Waals surface area contributed by atoms with Gasteiger partial charge in [0.25, 0.3) is 0 Å². The molecular formula is C6H14ClNO2S. The van der Waals surface area contributed by atoms with Crippen LogP contribution >= 0.6 is 11.6 Å². The molecule has 0 N–H and O–H groups in total. The first-order valence-corrected chi connectivity index (χ1v) is 5.84. The van der Waals surface area contributed by atoms with E-state index in [1.165, 1.54) is 10.6 Å². The molecule has 0 aliphatic heterocycles. The van der Waals surface area contributed by atoms with Gasteiger partial charge in [-0.1, -0.05) is 0 Å². The first-order valence-electron chi connectivity index (χ1n) is 3.45. The van der Waals surface area contributed by atoms with Crippen LogP contribution in [0.25, 0.3) is 0 Å². The highest BCUT2D eigenvalue weighted by molar-refractivity contribution is 7.88. The van der Waals surface area contributed by atoms with Crippen molar-refractivity contribution in [3.8, 4) is 0 Å². The molecule has 0 saturated heterocycles. The smallest absolute Gasteiger partial charge is 0.210 e. The number of hydrogen-bond donors (Lipinski definition) is 0. The third-order valence-corrected chi connectivity index (χ3v) is 3.00. The fraction of sp³-hybridized carbons (Fsp3) is 1.00. The Bertz CT molecular complexity index is 191. The van der Waals surface area contributed by atoms with Crippen molar-refractivity contribution in [2.75, 3.05) is 25.7 Å². The van der Waals surface area contributed by atoms with Gasteiger partial charge in [-0.3, -0.25) is 0 Å². The molecule has 0 spiro atoms. The molecule has 0 rings (SSSR count). The summed E-state index contributed by atoms with van der Waals surface area (Å²) in [6, 6.07) is 0. The standard InChI is InChI=1S/C6H14ClNO2S/c1-8(11(2,9)10)6-4-3-5-7/h3-6H2,1-2H3. The second kappa shape index (κ2) is 4.95. The van der Waals surface area contributed by atoms with Crippen LogP contribution in [-0.2, 0) is 10.0 Å². The van der Waals surface area contributed by atoms with Crippen molar-refractivity contribution >= 4 is 21.6 Å². The van der Waals surface area contributed by atoms with Gasteiger partial charge in [-0.2, -0.15) is 0 Å². The van der Waals surface area contributed by atoms with Crippen molar-refractivity contribution in [2.24, 2.45) is 0 Å². The number of hydrogen-bond acceptors (Lipinski definition) is 2. The van der Waals surface area contributed by atoms with Gasteiger partial charge in [0, 0.05) is 19.5 Å². The zero-order valence-electron chi connectivity index (χ0n) is 6.88. The van der Waals surface area contributed by atoms with Crippen LogP contribution in [-0.4, -0.2) is 38.5 Å². The Balaban J connectivity index is 3.62. The first-order chi connectivity index (χ1) is 4.98. The van der Waals surface area contributed by atoms with Gasteiger partial charge in [0.15, 0.2) is 0 Å². The lowest BCUT2D eigenvalue weighted by Crippen LogP contribution is -2.26. The first kappa shape index (κ1) is 11.2. The molecule has 0 aliphatic rings. The summed E-state index contributed by atoms with van der Waals surface area (Å²) in [5, 5.41) is 0. The lowest BCUT2D eigenvalue weighted by Gasteiger charge is -2.12. The van der Waals surface area contributed by atoms with Gasteiger partial charge < -0.3 is 0 Å². The Morgan fingerprint density at radius 2 is 1.91 bits per heavy atom. The highest BCUT2D eigenvalue weighted by Gasteiger charge is 2.08.